The van der Waals surface area contributed by atoms with Gasteiger partial charge in [-0.3, -0.25) is 9.20 Å². The zero-order valence-electron chi connectivity index (χ0n) is 17.5. The standard InChI is InChI=1S/C21H27ClN6O3/c1-21(2,23)20(30)25-17(13-31-12-14-6-4-3-5-7-14)19-27-26-18-16(24-8-9-29)10-15(22)11-28(18)19/h3-7,10-11,17,24,29H,8-9,12-13,23H2,1-2H3,(H,25,30)/t17-/m1/s1. The molecule has 3 aromatic rings. The molecule has 0 unspecified atom stereocenters. The number of rotatable bonds is 10. The van der Waals surface area contributed by atoms with E-state index in [0.29, 0.717) is 35.3 Å². The maximum absolute atomic E-state index is 12.6. The first-order valence-corrected chi connectivity index (χ1v) is 10.3. The SMILES string of the molecule is CC(C)(N)C(=O)N[C@H](COCc1ccccc1)c1nnc2c(NCCO)cc(Cl)cn12. The van der Waals surface area contributed by atoms with E-state index in [9.17, 15) is 4.79 Å². The molecule has 0 saturated carbocycles. The highest BCUT2D eigenvalue weighted by molar-refractivity contribution is 6.30. The summed E-state index contributed by atoms with van der Waals surface area (Å²) in [6.07, 6.45) is 1.67. The number of ether oxygens (including phenoxy) is 1. The smallest absolute Gasteiger partial charge is 0.240 e. The van der Waals surface area contributed by atoms with Gasteiger partial charge in [0.05, 0.1) is 36.1 Å². The third-order valence-electron chi connectivity index (χ3n) is 4.52. The van der Waals surface area contributed by atoms with Gasteiger partial charge in [-0.1, -0.05) is 41.9 Å². The number of amides is 1. The fourth-order valence-electron chi connectivity index (χ4n) is 2.93. The first-order valence-electron chi connectivity index (χ1n) is 9.90. The Kier molecular flexibility index (Phi) is 7.45. The number of nitrogens with one attached hydrogen (secondary N) is 2. The minimum Gasteiger partial charge on any atom is -0.395 e. The number of aromatic nitrogens is 3. The van der Waals surface area contributed by atoms with Gasteiger partial charge in [0, 0.05) is 12.7 Å². The van der Waals surface area contributed by atoms with Crippen LogP contribution in [0.5, 0.6) is 0 Å². The molecule has 0 fully saturated rings. The number of benzene rings is 1. The maximum atomic E-state index is 12.6. The molecule has 10 heteroatoms. The average Bonchev–Trinajstić information content (AvgIpc) is 3.15. The van der Waals surface area contributed by atoms with Gasteiger partial charge in [0.25, 0.3) is 0 Å². The number of carbonyl (C=O) groups excluding carboxylic acids is 1. The Morgan fingerprint density at radius 2 is 2.06 bits per heavy atom. The first kappa shape index (κ1) is 23.0. The van der Waals surface area contributed by atoms with Gasteiger partial charge in [-0.05, 0) is 25.5 Å². The topological polar surface area (TPSA) is 127 Å². The van der Waals surface area contributed by atoms with Gasteiger partial charge < -0.3 is 26.2 Å². The Hall–Kier alpha value is -2.72. The monoisotopic (exact) mass is 446 g/mol. The number of anilines is 1. The zero-order chi connectivity index (χ0) is 22.4. The van der Waals surface area contributed by atoms with E-state index in [2.05, 4.69) is 20.8 Å². The first-order chi connectivity index (χ1) is 14.8. The molecule has 0 radical (unpaired) electrons. The minimum atomic E-state index is -1.08. The van der Waals surface area contributed by atoms with E-state index in [4.69, 9.17) is 27.2 Å². The highest BCUT2D eigenvalue weighted by atomic mass is 35.5. The van der Waals surface area contributed by atoms with Gasteiger partial charge >= 0.3 is 0 Å². The number of fused-ring (bicyclic) bond motifs is 1. The molecule has 1 aromatic carbocycles. The molecule has 1 amide bonds. The highest BCUT2D eigenvalue weighted by Crippen LogP contribution is 2.24. The molecule has 3 rings (SSSR count). The van der Waals surface area contributed by atoms with Crippen molar-refractivity contribution in [1.82, 2.24) is 19.9 Å². The van der Waals surface area contributed by atoms with Gasteiger partial charge in [-0.15, -0.1) is 10.2 Å². The maximum Gasteiger partial charge on any atom is 0.240 e. The fourth-order valence-corrected chi connectivity index (χ4v) is 3.14. The van der Waals surface area contributed by atoms with Crippen LogP contribution in [0.4, 0.5) is 5.69 Å². The predicted molar refractivity (Wildman–Crippen MR) is 119 cm³/mol. The second-order valence-corrected chi connectivity index (χ2v) is 8.16. The van der Waals surface area contributed by atoms with Crippen LogP contribution < -0.4 is 16.4 Å². The van der Waals surface area contributed by atoms with Crippen molar-refractivity contribution in [3.8, 4) is 0 Å². The van der Waals surface area contributed by atoms with Crippen molar-refractivity contribution in [2.75, 3.05) is 25.1 Å². The Morgan fingerprint density at radius 3 is 2.74 bits per heavy atom. The molecule has 5 N–H and O–H groups in total. The van der Waals surface area contributed by atoms with Gasteiger partial charge in [0.1, 0.15) is 6.04 Å². The molecule has 0 aliphatic carbocycles. The van der Waals surface area contributed by atoms with Crippen molar-refractivity contribution in [3.05, 3.63) is 59.0 Å². The molecule has 2 heterocycles. The lowest BCUT2D eigenvalue weighted by molar-refractivity contribution is -0.126. The number of nitrogens with zero attached hydrogens (tertiary/aromatic N) is 3. The Bertz CT molecular complexity index is 1020. The Balaban J connectivity index is 1.89. The lowest BCUT2D eigenvalue weighted by atomic mass is 10.1. The quantitative estimate of drug-likeness (QED) is 0.374. The molecule has 0 aliphatic heterocycles. The molecule has 0 saturated heterocycles. The third-order valence-corrected chi connectivity index (χ3v) is 4.73. The van der Waals surface area contributed by atoms with Gasteiger partial charge in [0.15, 0.2) is 11.5 Å². The highest BCUT2D eigenvalue weighted by Gasteiger charge is 2.28. The summed E-state index contributed by atoms with van der Waals surface area (Å²) in [6.45, 7) is 4.07. The number of carbonyl (C=O) groups is 1. The van der Waals surface area contributed by atoms with Crippen LogP contribution in [0.1, 0.15) is 31.3 Å². The number of hydrogen-bond donors (Lipinski definition) is 4. The number of pyridine rings is 1. The molecule has 166 valence electrons. The third kappa shape index (κ3) is 5.92. The average molecular weight is 447 g/mol. The summed E-state index contributed by atoms with van der Waals surface area (Å²) < 4.78 is 7.57. The van der Waals surface area contributed by atoms with Crippen LogP contribution in [0.25, 0.3) is 5.65 Å². The van der Waals surface area contributed by atoms with Gasteiger partial charge in [-0.25, -0.2) is 0 Å². The molecule has 1 atom stereocenters. The lowest BCUT2D eigenvalue weighted by Gasteiger charge is -2.23. The van der Waals surface area contributed by atoms with E-state index in [1.54, 1.807) is 30.5 Å². The van der Waals surface area contributed by atoms with Crippen molar-refractivity contribution in [3.63, 3.8) is 0 Å². The molecular weight excluding hydrogens is 420 g/mol. The van der Waals surface area contributed by atoms with Crippen molar-refractivity contribution in [2.24, 2.45) is 5.73 Å². The molecule has 0 bridgehead atoms. The van der Waals surface area contributed by atoms with Crippen molar-refractivity contribution in [1.29, 1.82) is 0 Å². The summed E-state index contributed by atoms with van der Waals surface area (Å²) in [4.78, 5) is 12.6. The molecule has 0 spiro atoms. The van der Waals surface area contributed by atoms with Crippen molar-refractivity contribution < 1.29 is 14.6 Å². The van der Waals surface area contributed by atoms with E-state index < -0.39 is 11.6 Å². The predicted octanol–water partition coefficient (Wildman–Crippen LogP) is 1.90. The summed E-state index contributed by atoms with van der Waals surface area (Å²) in [5.41, 5.74) is 7.03. The largest absolute Gasteiger partial charge is 0.395 e. The number of aliphatic hydroxyl groups is 1. The van der Waals surface area contributed by atoms with Crippen molar-refractivity contribution >= 4 is 28.8 Å². The normalized spacial score (nSPS) is 12.7. The van der Waals surface area contributed by atoms with Crippen LogP contribution in [0, 0.1) is 0 Å². The second kappa shape index (κ2) is 10.1. The van der Waals surface area contributed by atoms with Crippen molar-refractivity contribution in [2.45, 2.75) is 32.0 Å². The van der Waals surface area contributed by atoms with E-state index >= 15 is 0 Å². The Labute approximate surface area is 185 Å². The zero-order valence-corrected chi connectivity index (χ0v) is 18.3. The van der Waals surface area contributed by atoms with Crippen LogP contribution in [0.15, 0.2) is 42.6 Å². The summed E-state index contributed by atoms with van der Waals surface area (Å²) in [5.74, 6) is 0.105. The van der Waals surface area contributed by atoms with E-state index in [0.717, 1.165) is 5.56 Å². The van der Waals surface area contributed by atoms with E-state index in [1.165, 1.54) is 0 Å². The van der Waals surface area contributed by atoms with Gasteiger partial charge in [0.2, 0.25) is 5.91 Å². The lowest BCUT2D eigenvalue weighted by Crippen LogP contribution is -2.50. The van der Waals surface area contributed by atoms with Crippen LogP contribution in [-0.4, -0.2) is 50.9 Å². The van der Waals surface area contributed by atoms with E-state index in [1.807, 2.05) is 30.3 Å². The number of halogens is 1. The summed E-state index contributed by atoms with van der Waals surface area (Å²) >= 11 is 6.28. The molecule has 0 aliphatic rings. The minimum absolute atomic E-state index is 0.0444. The second-order valence-electron chi connectivity index (χ2n) is 7.72. The number of nitrogens with two attached hydrogens (primary N) is 1. The van der Waals surface area contributed by atoms with Crippen LogP contribution in [0.2, 0.25) is 5.02 Å². The van der Waals surface area contributed by atoms with Crippen LogP contribution >= 0.6 is 11.6 Å². The summed E-state index contributed by atoms with van der Waals surface area (Å²) in [5, 5.41) is 24.1. The summed E-state index contributed by atoms with van der Waals surface area (Å²) in [7, 11) is 0. The molecule has 31 heavy (non-hydrogen) atoms. The van der Waals surface area contributed by atoms with Gasteiger partial charge in [-0.2, -0.15) is 0 Å². The summed E-state index contributed by atoms with van der Waals surface area (Å²) in [6, 6.07) is 10.8. The van der Waals surface area contributed by atoms with E-state index in [-0.39, 0.29) is 19.1 Å². The molecule has 9 nitrogen and oxygen atoms in total. The number of hydrogen-bond acceptors (Lipinski definition) is 7. The molecular formula is C21H27ClN6O3. The van der Waals surface area contributed by atoms with Crippen LogP contribution in [0.3, 0.4) is 0 Å². The number of aliphatic hydroxyl groups excluding tert-OH is 1. The molecule has 2 aromatic heterocycles. The Morgan fingerprint density at radius 1 is 1.32 bits per heavy atom. The fraction of sp³-hybridized carbons (Fsp3) is 0.381. The van der Waals surface area contributed by atoms with Crippen LogP contribution in [-0.2, 0) is 16.1 Å².